The maximum atomic E-state index is 6.03. The Labute approximate surface area is 236 Å². The first kappa shape index (κ1) is 30.1. The van der Waals surface area contributed by atoms with Crippen LogP contribution in [-0.4, -0.2) is 55.9 Å². The van der Waals surface area contributed by atoms with E-state index < -0.39 is 0 Å². The zero-order chi connectivity index (χ0) is 29.1. The molecular weight excluding hydrogens is 512 g/mol. The Balaban J connectivity index is 2.11. The van der Waals surface area contributed by atoms with Gasteiger partial charge >= 0.3 is 0 Å². The lowest BCUT2D eigenvalue weighted by atomic mass is 10.0. The molecule has 0 spiro atoms. The van der Waals surface area contributed by atoms with E-state index in [-0.39, 0.29) is 0 Å². The average molecular weight is 551 g/mol. The van der Waals surface area contributed by atoms with Crippen LogP contribution in [0.5, 0.6) is 46.0 Å². The lowest BCUT2D eigenvalue weighted by molar-refractivity contribution is 0.329. The smallest absolute Gasteiger partial charge is 0.133 e. The number of benzene rings is 3. The van der Waals surface area contributed by atoms with Crippen molar-refractivity contribution in [1.82, 2.24) is 0 Å². The Kier molecular flexibility index (Phi) is 11.0. The number of hydrogen-bond acceptors (Lipinski definition) is 8. The van der Waals surface area contributed by atoms with Gasteiger partial charge < -0.3 is 37.9 Å². The molecule has 214 valence electrons. The van der Waals surface area contributed by atoms with Gasteiger partial charge in [0, 0.05) is 35.4 Å². The molecule has 40 heavy (non-hydrogen) atoms. The van der Waals surface area contributed by atoms with Gasteiger partial charge in [0.15, 0.2) is 0 Å². The van der Waals surface area contributed by atoms with Crippen LogP contribution in [-0.2, 0) is 0 Å². The fourth-order valence-corrected chi connectivity index (χ4v) is 4.15. The highest BCUT2D eigenvalue weighted by Crippen LogP contribution is 2.39. The summed E-state index contributed by atoms with van der Waals surface area (Å²) >= 11 is 0. The van der Waals surface area contributed by atoms with Gasteiger partial charge in [-0.25, -0.2) is 0 Å². The number of ether oxygens (including phenoxy) is 8. The second-order valence-corrected chi connectivity index (χ2v) is 8.35. The standard InChI is InChI=1S/C32H38O8/c1-9-39-27-15-22(12-14-26-31(37-7)19-24(34-4)20-32(26)38-8)28(40-10-2)16-21(27)11-13-25-29(35-5)17-23(33-3)18-30(25)36-6/h11-20H,9-10H2,1-8H3/b13-11+,14-12+. The molecule has 8 nitrogen and oxygen atoms in total. The SMILES string of the molecule is CCOc1cc(/C=C/c2c(OC)cc(OC)cc2OC)c(OCC)cc1/C=C/c1c(OC)cc(OC)cc1OC. The third-order valence-corrected chi connectivity index (χ3v) is 6.11. The van der Waals surface area contributed by atoms with Crippen molar-refractivity contribution in [2.24, 2.45) is 0 Å². The summed E-state index contributed by atoms with van der Waals surface area (Å²) < 4.78 is 45.2. The van der Waals surface area contributed by atoms with Gasteiger partial charge in [-0.15, -0.1) is 0 Å². The topological polar surface area (TPSA) is 73.8 Å². The van der Waals surface area contributed by atoms with Gasteiger partial charge in [-0.05, 0) is 38.1 Å². The molecule has 0 atom stereocenters. The number of hydrogen-bond donors (Lipinski definition) is 0. The van der Waals surface area contributed by atoms with Crippen molar-refractivity contribution in [3.63, 3.8) is 0 Å². The van der Waals surface area contributed by atoms with Crippen molar-refractivity contribution < 1.29 is 37.9 Å². The molecule has 0 bridgehead atoms. The van der Waals surface area contributed by atoms with Crippen molar-refractivity contribution in [3.8, 4) is 46.0 Å². The van der Waals surface area contributed by atoms with Crippen molar-refractivity contribution in [1.29, 1.82) is 0 Å². The zero-order valence-corrected chi connectivity index (χ0v) is 24.5. The van der Waals surface area contributed by atoms with Gasteiger partial charge in [0.1, 0.15) is 46.0 Å². The van der Waals surface area contributed by atoms with Crippen LogP contribution in [0.1, 0.15) is 36.1 Å². The second kappa shape index (κ2) is 14.6. The van der Waals surface area contributed by atoms with Crippen LogP contribution in [0.3, 0.4) is 0 Å². The van der Waals surface area contributed by atoms with Crippen molar-refractivity contribution in [2.75, 3.05) is 55.9 Å². The molecular formula is C32H38O8. The Morgan fingerprint density at radius 1 is 0.425 bits per heavy atom. The van der Waals surface area contributed by atoms with Crippen molar-refractivity contribution in [3.05, 3.63) is 58.7 Å². The molecule has 0 aromatic heterocycles. The Morgan fingerprint density at radius 3 is 1.00 bits per heavy atom. The van der Waals surface area contributed by atoms with E-state index in [2.05, 4.69) is 0 Å². The molecule has 0 aliphatic carbocycles. The minimum absolute atomic E-state index is 0.493. The molecule has 0 saturated heterocycles. The minimum atomic E-state index is 0.493. The summed E-state index contributed by atoms with van der Waals surface area (Å²) in [6, 6.07) is 11.2. The van der Waals surface area contributed by atoms with Gasteiger partial charge in [0.05, 0.1) is 67.0 Å². The third kappa shape index (κ3) is 6.94. The van der Waals surface area contributed by atoms with Crippen LogP contribution in [0.2, 0.25) is 0 Å². The molecule has 0 aliphatic rings. The lowest BCUT2D eigenvalue weighted by Crippen LogP contribution is -1.99. The quantitative estimate of drug-likeness (QED) is 0.201. The molecule has 0 amide bonds. The van der Waals surface area contributed by atoms with Gasteiger partial charge in [-0.3, -0.25) is 0 Å². The predicted octanol–water partition coefficient (Wildman–Crippen LogP) is 6.88. The molecule has 8 heteroatoms. The fraction of sp³-hybridized carbons (Fsp3) is 0.312. The summed E-state index contributed by atoms with van der Waals surface area (Å²) in [5.41, 5.74) is 3.21. The van der Waals surface area contributed by atoms with Crippen LogP contribution < -0.4 is 37.9 Å². The Bertz CT molecular complexity index is 1190. The molecule has 0 saturated carbocycles. The van der Waals surface area contributed by atoms with E-state index in [0.717, 1.165) is 22.3 Å². The fourth-order valence-electron chi connectivity index (χ4n) is 4.15. The normalized spacial score (nSPS) is 11.0. The van der Waals surface area contributed by atoms with Crippen LogP contribution in [0.4, 0.5) is 0 Å². The minimum Gasteiger partial charge on any atom is -0.496 e. The first-order chi connectivity index (χ1) is 19.5. The molecule has 0 aliphatic heterocycles. The largest absolute Gasteiger partial charge is 0.496 e. The van der Waals surface area contributed by atoms with E-state index in [0.29, 0.717) is 59.2 Å². The first-order valence-electron chi connectivity index (χ1n) is 12.9. The molecule has 0 radical (unpaired) electrons. The second-order valence-electron chi connectivity index (χ2n) is 8.35. The highest BCUT2D eigenvalue weighted by atomic mass is 16.5. The highest BCUT2D eigenvalue weighted by molar-refractivity contribution is 5.83. The maximum absolute atomic E-state index is 6.03. The molecule has 3 aromatic rings. The Morgan fingerprint density at radius 2 is 0.750 bits per heavy atom. The van der Waals surface area contributed by atoms with E-state index in [1.54, 1.807) is 42.7 Å². The number of methoxy groups -OCH3 is 6. The van der Waals surface area contributed by atoms with Gasteiger partial charge in [0.25, 0.3) is 0 Å². The first-order valence-corrected chi connectivity index (χ1v) is 12.9. The predicted molar refractivity (Wildman–Crippen MR) is 159 cm³/mol. The maximum Gasteiger partial charge on any atom is 0.133 e. The molecule has 0 heterocycles. The molecule has 3 rings (SSSR count). The van der Waals surface area contributed by atoms with Crippen molar-refractivity contribution in [2.45, 2.75) is 13.8 Å². The van der Waals surface area contributed by atoms with Gasteiger partial charge in [-0.2, -0.15) is 0 Å². The van der Waals surface area contributed by atoms with E-state index >= 15 is 0 Å². The third-order valence-electron chi connectivity index (χ3n) is 6.11. The average Bonchev–Trinajstić information content (AvgIpc) is 2.99. The Hall–Kier alpha value is -4.46. The van der Waals surface area contributed by atoms with E-state index in [9.17, 15) is 0 Å². The van der Waals surface area contributed by atoms with Gasteiger partial charge in [-0.1, -0.05) is 12.2 Å². The van der Waals surface area contributed by atoms with Crippen LogP contribution >= 0.6 is 0 Å². The number of rotatable bonds is 14. The summed E-state index contributed by atoms with van der Waals surface area (Å²) in [4.78, 5) is 0. The zero-order valence-electron chi connectivity index (χ0n) is 24.5. The van der Waals surface area contributed by atoms with Gasteiger partial charge in [0.2, 0.25) is 0 Å². The van der Waals surface area contributed by atoms with E-state index in [4.69, 9.17) is 37.9 Å². The summed E-state index contributed by atoms with van der Waals surface area (Å²) in [5, 5.41) is 0. The summed E-state index contributed by atoms with van der Waals surface area (Å²) in [6.07, 6.45) is 7.74. The lowest BCUT2D eigenvalue weighted by Gasteiger charge is -2.15. The van der Waals surface area contributed by atoms with Crippen molar-refractivity contribution >= 4 is 24.3 Å². The van der Waals surface area contributed by atoms with E-state index in [1.807, 2.05) is 74.5 Å². The summed E-state index contributed by atoms with van der Waals surface area (Å²) in [7, 11) is 9.64. The highest BCUT2D eigenvalue weighted by Gasteiger charge is 2.15. The van der Waals surface area contributed by atoms with Crippen LogP contribution in [0, 0.1) is 0 Å². The summed E-state index contributed by atoms with van der Waals surface area (Å²) in [5.74, 6) is 5.16. The molecule has 3 aromatic carbocycles. The molecule has 0 fully saturated rings. The summed E-state index contributed by atoms with van der Waals surface area (Å²) in [6.45, 7) is 4.88. The van der Waals surface area contributed by atoms with E-state index in [1.165, 1.54) is 0 Å². The molecule has 0 unspecified atom stereocenters. The monoisotopic (exact) mass is 550 g/mol. The molecule has 0 N–H and O–H groups in total. The van der Waals surface area contributed by atoms with Crippen LogP contribution in [0.15, 0.2) is 36.4 Å². The van der Waals surface area contributed by atoms with Crippen LogP contribution in [0.25, 0.3) is 24.3 Å².